The summed E-state index contributed by atoms with van der Waals surface area (Å²) in [5, 5.41) is 2.86. The molecule has 4 nitrogen and oxygen atoms in total. The first-order valence-electron chi connectivity index (χ1n) is 6.40. The smallest absolute Gasteiger partial charge is 0.224 e. The lowest BCUT2D eigenvalue weighted by molar-refractivity contribution is -0.116. The van der Waals surface area contributed by atoms with Gasteiger partial charge in [-0.05, 0) is 31.9 Å². The molecule has 0 heterocycles. The van der Waals surface area contributed by atoms with Crippen LogP contribution >= 0.6 is 0 Å². The van der Waals surface area contributed by atoms with Gasteiger partial charge in [0.2, 0.25) is 5.91 Å². The Morgan fingerprint density at radius 3 is 2.83 bits per heavy atom. The molecule has 0 aliphatic heterocycles. The van der Waals surface area contributed by atoms with E-state index in [-0.39, 0.29) is 11.9 Å². The molecule has 1 unspecified atom stereocenters. The van der Waals surface area contributed by atoms with Gasteiger partial charge in [0.05, 0.1) is 12.3 Å². The van der Waals surface area contributed by atoms with E-state index in [2.05, 4.69) is 5.32 Å². The molecule has 0 aliphatic carbocycles. The summed E-state index contributed by atoms with van der Waals surface area (Å²) < 4.78 is 5.57. The van der Waals surface area contributed by atoms with Crippen LogP contribution in [0.5, 0.6) is 5.75 Å². The predicted octanol–water partition coefficient (Wildman–Crippen LogP) is 2.54. The molecule has 1 atom stereocenters. The van der Waals surface area contributed by atoms with Gasteiger partial charge in [0, 0.05) is 12.5 Å². The highest BCUT2D eigenvalue weighted by Crippen LogP contribution is 2.24. The number of benzene rings is 1. The number of amides is 1. The summed E-state index contributed by atoms with van der Waals surface area (Å²) in [7, 11) is 0. The Morgan fingerprint density at radius 1 is 1.44 bits per heavy atom. The number of hydrogen-bond donors (Lipinski definition) is 2. The SMILES string of the molecule is CCCOc1ccccc1NC(=O)CCC(C)N. The van der Waals surface area contributed by atoms with E-state index in [9.17, 15) is 4.79 Å². The maximum absolute atomic E-state index is 11.7. The van der Waals surface area contributed by atoms with Crippen molar-refractivity contribution in [1.29, 1.82) is 0 Å². The molecule has 0 aliphatic rings. The predicted molar refractivity (Wildman–Crippen MR) is 73.7 cm³/mol. The molecule has 1 rings (SSSR count). The monoisotopic (exact) mass is 250 g/mol. The molecular weight excluding hydrogens is 228 g/mol. The zero-order valence-corrected chi connectivity index (χ0v) is 11.1. The average molecular weight is 250 g/mol. The van der Waals surface area contributed by atoms with Crippen molar-refractivity contribution in [2.24, 2.45) is 5.73 Å². The van der Waals surface area contributed by atoms with Gasteiger partial charge in [-0.1, -0.05) is 19.1 Å². The molecule has 1 aromatic carbocycles. The molecule has 0 radical (unpaired) electrons. The molecule has 0 saturated heterocycles. The molecule has 100 valence electrons. The number of ether oxygens (including phenoxy) is 1. The summed E-state index contributed by atoms with van der Waals surface area (Å²) in [6.07, 6.45) is 2.05. The number of anilines is 1. The Morgan fingerprint density at radius 2 is 2.17 bits per heavy atom. The molecule has 0 spiro atoms. The summed E-state index contributed by atoms with van der Waals surface area (Å²) >= 11 is 0. The van der Waals surface area contributed by atoms with Crippen LogP contribution < -0.4 is 15.8 Å². The Hall–Kier alpha value is -1.55. The minimum atomic E-state index is -0.0279. The highest BCUT2D eigenvalue weighted by molar-refractivity contribution is 5.92. The van der Waals surface area contributed by atoms with E-state index in [0.29, 0.717) is 25.2 Å². The number of carbonyl (C=O) groups is 1. The van der Waals surface area contributed by atoms with Crippen molar-refractivity contribution in [3.63, 3.8) is 0 Å². The zero-order chi connectivity index (χ0) is 13.4. The Labute approximate surface area is 109 Å². The maximum atomic E-state index is 11.7. The Bertz CT molecular complexity index is 378. The molecule has 0 fully saturated rings. The topological polar surface area (TPSA) is 64.3 Å². The molecule has 4 heteroatoms. The van der Waals surface area contributed by atoms with E-state index in [1.807, 2.05) is 38.1 Å². The van der Waals surface area contributed by atoms with Gasteiger partial charge >= 0.3 is 0 Å². The summed E-state index contributed by atoms with van der Waals surface area (Å²) in [4.78, 5) is 11.7. The molecule has 0 bridgehead atoms. The van der Waals surface area contributed by atoms with Crippen molar-refractivity contribution >= 4 is 11.6 Å². The fourth-order valence-electron chi connectivity index (χ4n) is 1.48. The first-order valence-corrected chi connectivity index (χ1v) is 6.40. The molecule has 3 N–H and O–H groups in total. The second kappa shape index (κ2) is 7.71. The van der Waals surface area contributed by atoms with Crippen LogP contribution in [0.3, 0.4) is 0 Å². The van der Waals surface area contributed by atoms with Gasteiger partial charge in [0.15, 0.2) is 0 Å². The lowest BCUT2D eigenvalue weighted by Crippen LogP contribution is -2.19. The van der Waals surface area contributed by atoms with Crippen molar-refractivity contribution < 1.29 is 9.53 Å². The van der Waals surface area contributed by atoms with Crippen LogP contribution in [0, 0.1) is 0 Å². The fraction of sp³-hybridized carbons (Fsp3) is 0.500. The third-order valence-corrected chi connectivity index (χ3v) is 2.45. The summed E-state index contributed by atoms with van der Waals surface area (Å²) in [5.41, 5.74) is 6.35. The summed E-state index contributed by atoms with van der Waals surface area (Å²) in [6, 6.07) is 7.51. The van der Waals surface area contributed by atoms with Crippen LogP contribution in [-0.2, 0) is 4.79 Å². The second-order valence-electron chi connectivity index (χ2n) is 4.41. The normalized spacial score (nSPS) is 11.9. The fourth-order valence-corrected chi connectivity index (χ4v) is 1.48. The number of nitrogens with one attached hydrogen (secondary N) is 1. The molecular formula is C14H22N2O2. The van der Waals surface area contributed by atoms with Crippen LogP contribution in [0.25, 0.3) is 0 Å². The van der Waals surface area contributed by atoms with Crippen molar-refractivity contribution in [2.45, 2.75) is 39.2 Å². The van der Waals surface area contributed by atoms with Gasteiger partial charge < -0.3 is 15.8 Å². The lowest BCUT2D eigenvalue weighted by Gasteiger charge is -2.12. The van der Waals surface area contributed by atoms with E-state index >= 15 is 0 Å². The quantitative estimate of drug-likeness (QED) is 0.781. The van der Waals surface area contributed by atoms with Crippen LogP contribution in [0.15, 0.2) is 24.3 Å². The molecule has 0 aromatic heterocycles. The minimum Gasteiger partial charge on any atom is -0.491 e. The van der Waals surface area contributed by atoms with E-state index in [1.54, 1.807) is 0 Å². The van der Waals surface area contributed by atoms with Crippen LogP contribution in [0.1, 0.15) is 33.1 Å². The Kier molecular flexibility index (Phi) is 6.22. The molecule has 0 saturated carbocycles. The van der Waals surface area contributed by atoms with E-state index in [1.165, 1.54) is 0 Å². The zero-order valence-electron chi connectivity index (χ0n) is 11.1. The van der Waals surface area contributed by atoms with Gasteiger partial charge in [0.25, 0.3) is 0 Å². The van der Waals surface area contributed by atoms with E-state index in [0.717, 1.165) is 12.1 Å². The largest absolute Gasteiger partial charge is 0.491 e. The van der Waals surface area contributed by atoms with E-state index in [4.69, 9.17) is 10.5 Å². The lowest BCUT2D eigenvalue weighted by atomic mass is 10.2. The molecule has 1 aromatic rings. The van der Waals surface area contributed by atoms with Crippen LogP contribution in [0.2, 0.25) is 0 Å². The minimum absolute atomic E-state index is 0.0279. The maximum Gasteiger partial charge on any atom is 0.224 e. The first-order chi connectivity index (χ1) is 8.63. The van der Waals surface area contributed by atoms with Crippen LogP contribution in [0.4, 0.5) is 5.69 Å². The second-order valence-corrected chi connectivity index (χ2v) is 4.41. The van der Waals surface area contributed by atoms with Gasteiger partial charge in [-0.25, -0.2) is 0 Å². The molecule has 1 amide bonds. The van der Waals surface area contributed by atoms with Crippen molar-refractivity contribution in [2.75, 3.05) is 11.9 Å². The van der Waals surface area contributed by atoms with Crippen LogP contribution in [-0.4, -0.2) is 18.6 Å². The van der Waals surface area contributed by atoms with Gasteiger partial charge in [-0.2, -0.15) is 0 Å². The van der Waals surface area contributed by atoms with Gasteiger partial charge in [0.1, 0.15) is 5.75 Å². The summed E-state index contributed by atoms with van der Waals surface area (Å²) in [6.45, 7) is 4.59. The third-order valence-electron chi connectivity index (χ3n) is 2.45. The van der Waals surface area contributed by atoms with Crippen molar-refractivity contribution in [1.82, 2.24) is 0 Å². The van der Waals surface area contributed by atoms with Gasteiger partial charge in [-0.15, -0.1) is 0 Å². The highest BCUT2D eigenvalue weighted by Gasteiger charge is 2.08. The standard InChI is InChI=1S/C14H22N2O2/c1-3-10-18-13-7-5-4-6-12(13)16-14(17)9-8-11(2)15/h4-7,11H,3,8-10,15H2,1-2H3,(H,16,17). The third kappa shape index (κ3) is 5.19. The number of hydrogen-bond acceptors (Lipinski definition) is 3. The van der Waals surface area contributed by atoms with Crippen molar-refractivity contribution in [3.05, 3.63) is 24.3 Å². The number of carbonyl (C=O) groups excluding carboxylic acids is 1. The number of nitrogens with two attached hydrogens (primary N) is 1. The van der Waals surface area contributed by atoms with Crippen molar-refractivity contribution in [3.8, 4) is 5.75 Å². The number of para-hydroxylation sites is 2. The Balaban J connectivity index is 2.57. The van der Waals surface area contributed by atoms with Gasteiger partial charge in [-0.3, -0.25) is 4.79 Å². The number of rotatable bonds is 7. The molecule has 18 heavy (non-hydrogen) atoms. The first kappa shape index (κ1) is 14.5. The summed E-state index contributed by atoms with van der Waals surface area (Å²) in [5.74, 6) is 0.688. The highest BCUT2D eigenvalue weighted by atomic mass is 16.5. The van der Waals surface area contributed by atoms with E-state index < -0.39 is 0 Å². The average Bonchev–Trinajstić information content (AvgIpc) is 2.35.